The van der Waals surface area contributed by atoms with Crippen LogP contribution in [-0.4, -0.2) is 19.8 Å². The first kappa shape index (κ1) is 14.5. The molecule has 17 heavy (non-hydrogen) atoms. The van der Waals surface area contributed by atoms with Crippen molar-refractivity contribution in [2.75, 3.05) is 19.8 Å². The predicted octanol–water partition coefficient (Wildman–Crippen LogP) is 4.09. The molecule has 1 aromatic rings. The highest BCUT2D eigenvalue weighted by Gasteiger charge is 2.02. The summed E-state index contributed by atoms with van der Waals surface area (Å²) in [4.78, 5) is 0. The van der Waals surface area contributed by atoms with Crippen LogP contribution in [0.4, 0.5) is 0 Å². The van der Waals surface area contributed by atoms with Crippen LogP contribution in [0.5, 0.6) is 5.75 Å². The van der Waals surface area contributed by atoms with Crippen LogP contribution in [0.3, 0.4) is 0 Å². The standard InChI is InChI=1S/C14H21BrO2/c1-3-4-7-16-8-9-17-14-6-5-12(2)10-13(14)11-15/h5-6,10H,3-4,7-9,11H2,1-2H3. The van der Waals surface area contributed by atoms with Crippen molar-refractivity contribution in [1.29, 1.82) is 0 Å². The summed E-state index contributed by atoms with van der Waals surface area (Å²) >= 11 is 3.47. The summed E-state index contributed by atoms with van der Waals surface area (Å²) in [7, 11) is 0. The molecule has 0 radical (unpaired) electrons. The molecule has 0 aliphatic heterocycles. The first-order chi connectivity index (χ1) is 8.27. The van der Waals surface area contributed by atoms with Gasteiger partial charge in [-0.1, -0.05) is 47.0 Å². The fourth-order valence-electron chi connectivity index (χ4n) is 1.51. The van der Waals surface area contributed by atoms with Crippen LogP contribution in [-0.2, 0) is 10.1 Å². The molecule has 0 N–H and O–H groups in total. The summed E-state index contributed by atoms with van der Waals surface area (Å²) in [5.41, 5.74) is 2.45. The smallest absolute Gasteiger partial charge is 0.123 e. The second kappa shape index (κ2) is 8.54. The zero-order chi connectivity index (χ0) is 12.5. The molecule has 0 aliphatic rings. The second-order valence-electron chi connectivity index (χ2n) is 4.06. The lowest BCUT2D eigenvalue weighted by Gasteiger charge is -2.11. The van der Waals surface area contributed by atoms with E-state index >= 15 is 0 Å². The third kappa shape index (κ3) is 5.55. The molecule has 0 heterocycles. The highest BCUT2D eigenvalue weighted by molar-refractivity contribution is 9.08. The van der Waals surface area contributed by atoms with Crippen LogP contribution >= 0.6 is 15.9 Å². The highest BCUT2D eigenvalue weighted by atomic mass is 79.9. The van der Waals surface area contributed by atoms with Gasteiger partial charge < -0.3 is 9.47 Å². The Morgan fingerprint density at radius 2 is 2.00 bits per heavy atom. The Morgan fingerprint density at radius 3 is 2.71 bits per heavy atom. The van der Waals surface area contributed by atoms with Crippen molar-refractivity contribution in [2.45, 2.75) is 32.0 Å². The molecule has 96 valence electrons. The summed E-state index contributed by atoms with van der Waals surface area (Å²) in [6.07, 6.45) is 2.30. The first-order valence-electron chi connectivity index (χ1n) is 6.14. The van der Waals surface area contributed by atoms with Crippen molar-refractivity contribution >= 4 is 15.9 Å². The molecule has 0 saturated carbocycles. The summed E-state index contributed by atoms with van der Waals surface area (Å²) in [5.74, 6) is 0.951. The number of aryl methyl sites for hydroxylation is 1. The average molecular weight is 301 g/mol. The van der Waals surface area contributed by atoms with Gasteiger partial charge >= 0.3 is 0 Å². The Bertz CT molecular complexity index is 326. The minimum Gasteiger partial charge on any atom is -0.491 e. The molecule has 0 atom stereocenters. The molecule has 0 unspecified atom stereocenters. The van der Waals surface area contributed by atoms with E-state index in [0.29, 0.717) is 13.2 Å². The van der Waals surface area contributed by atoms with E-state index < -0.39 is 0 Å². The van der Waals surface area contributed by atoms with E-state index in [1.54, 1.807) is 0 Å². The first-order valence-corrected chi connectivity index (χ1v) is 7.26. The molecule has 0 aromatic heterocycles. The van der Waals surface area contributed by atoms with E-state index in [0.717, 1.165) is 24.1 Å². The number of halogens is 1. The van der Waals surface area contributed by atoms with Gasteiger partial charge in [0.25, 0.3) is 0 Å². The van der Waals surface area contributed by atoms with E-state index in [2.05, 4.69) is 41.9 Å². The third-order valence-corrected chi connectivity index (χ3v) is 3.09. The number of hydrogen-bond donors (Lipinski definition) is 0. The average Bonchev–Trinajstić information content (AvgIpc) is 2.35. The van der Waals surface area contributed by atoms with Crippen LogP contribution in [0.2, 0.25) is 0 Å². The number of benzene rings is 1. The normalized spacial score (nSPS) is 10.5. The maximum atomic E-state index is 5.71. The maximum Gasteiger partial charge on any atom is 0.123 e. The van der Waals surface area contributed by atoms with Crippen LogP contribution in [0.1, 0.15) is 30.9 Å². The molecule has 1 rings (SSSR count). The molecule has 0 spiro atoms. The molecule has 3 heteroatoms. The molecule has 0 bridgehead atoms. The van der Waals surface area contributed by atoms with E-state index in [1.807, 2.05) is 6.07 Å². The van der Waals surface area contributed by atoms with Crippen molar-refractivity contribution in [3.8, 4) is 5.75 Å². The second-order valence-corrected chi connectivity index (χ2v) is 4.62. The Labute approximate surface area is 112 Å². The molecular weight excluding hydrogens is 280 g/mol. The van der Waals surface area contributed by atoms with Gasteiger partial charge in [0.15, 0.2) is 0 Å². The monoisotopic (exact) mass is 300 g/mol. The highest BCUT2D eigenvalue weighted by Crippen LogP contribution is 2.22. The van der Waals surface area contributed by atoms with Crippen molar-refractivity contribution in [3.05, 3.63) is 29.3 Å². The van der Waals surface area contributed by atoms with Gasteiger partial charge in [-0.05, 0) is 19.4 Å². The fourth-order valence-corrected chi connectivity index (χ4v) is 1.95. The maximum absolute atomic E-state index is 5.71. The summed E-state index contributed by atoms with van der Waals surface area (Å²) in [6, 6.07) is 6.24. The quantitative estimate of drug-likeness (QED) is 0.532. The molecule has 0 saturated heterocycles. The van der Waals surface area contributed by atoms with Gasteiger partial charge in [-0.25, -0.2) is 0 Å². The van der Waals surface area contributed by atoms with Gasteiger partial charge in [0.1, 0.15) is 12.4 Å². The number of hydrogen-bond acceptors (Lipinski definition) is 2. The van der Waals surface area contributed by atoms with Crippen molar-refractivity contribution in [2.24, 2.45) is 0 Å². The van der Waals surface area contributed by atoms with Crippen LogP contribution in [0.25, 0.3) is 0 Å². The number of ether oxygens (including phenoxy) is 2. The topological polar surface area (TPSA) is 18.5 Å². The molecule has 0 aliphatic carbocycles. The number of rotatable bonds is 8. The minimum absolute atomic E-state index is 0.618. The van der Waals surface area contributed by atoms with Gasteiger partial charge in [0.05, 0.1) is 6.61 Å². The lowest BCUT2D eigenvalue weighted by atomic mass is 10.1. The zero-order valence-electron chi connectivity index (χ0n) is 10.7. The Kier molecular flexibility index (Phi) is 7.29. The lowest BCUT2D eigenvalue weighted by Crippen LogP contribution is -2.08. The molecule has 1 aromatic carbocycles. The van der Waals surface area contributed by atoms with Gasteiger partial charge in [0.2, 0.25) is 0 Å². The van der Waals surface area contributed by atoms with E-state index in [1.165, 1.54) is 17.5 Å². The largest absolute Gasteiger partial charge is 0.491 e. The fraction of sp³-hybridized carbons (Fsp3) is 0.571. The van der Waals surface area contributed by atoms with Gasteiger partial charge in [-0.2, -0.15) is 0 Å². The van der Waals surface area contributed by atoms with Gasteiger partial charge in [-0.3, -0.25) is 0 Å². The van der Waals surface area contributed by atoms with Crippen LogP contribution in [0.15, 0.2) is 18.2 Å². The van der Waals surface area contributed by atoms with Crippen molar-refractivity contribution in [1.82, 2.24) is 0 Å². The SMILES string of the molecule is CCCCOCCOc1ccc(C)cc1CBr. The van der Waals surface area contributed by atoms with Gasteiger partial charge in [0, 0.05) is 17.5 Å². The minimum atomic E-state index is 0.618. The number of unbranched alkanes of at least 4 members (excludes halogenated alkanes) is 1. The molecule has 0 fully saturated rings. The summed E-state index contributed by atoms with van der Waals surface area (Å²) in [6.45, 7) is 6.36. The van der Waals surface area contributed by atoms with Crippen LogP contribution < -0.4 is 4.74 Å². The lowest BCUT2D eigenvalue weighted by molar-refractivity contribution is 0.0978. The Morgan fingerprint density at radius 1 is 1.18 bits per heavy atom. The Hall–Kier alpha value is -0.540. The summed E-state index contributed by atoms with van der Waals surface area (Å²) in [5, 5.41) is 0.820. The van der Waals surface area contributed by atoms with E-state index in [4.69, 9.17) is 9.47 Å². The predicted molar refractivity (Wildman–Crippen MR) is 75.0 cm³/mol. The van der Waals surface area contributed by atoms with E-state index in [-0.39, 0.29) is 0 Å². The Balaban J connectivity index is 2.31. The third-order valence-electron chi connectivity index (χ3n) is 2.49. The van der Waals surface area contributed by atoms with Gasteiger partial charge in [-0.15, -0.1) is 0 Å². The molecule has 0 amide bonds. The number of alkyl halides is 1. The summed E-state index contributed by atoms with van der Waals surface area (Å²) < 4.78 is 11.2. The molecule has 2 nitrogen and oxygen atoms in total. The van der Waals surface area contributed by atoms with Crippen LogP contribution in [0, 0.1) is 6.92 Å². The zero-order valence-corrected chi connectivity index (χ0v) is 12.3. The molecular formula is C14H21BrO2. The van der Waals surface area contributed by atoms with E-state index in [9.17, 15) is 0 Å². The van der Waals surface area contributed by atoms with Crippen molar-refractivity contribution in [3.63, 3.8) is 0 Å². The van der Waals surface area contributed by atoms with Crippen molar-refractivity contribution < 1.29 is 9.47 Å².